The molecule has 1 aliphatic rings. The van der Waals surface area contributed by atoms with E-state index >= 15 is 0 Å². The van der Waals surface area contributed by atoms with Crippen LogP contribution in [-0.2, 0) is 14.8 Å². The normalized spacial score (nSPS) is 19.4. The lowest BCUT2D eigenvalue weighted by Gasteiger charge is -2.20. The average molecular weight is 320 g/mol. The van der Waals surface area contributed by atoms with Gasteiger partial charge < -0.3 is 5.73 Å². The summed E-state index contributed by atoms with van der Waals surface area (Å²) in [5.74, 6) is -0.614. The molecule has 2 aromatic rings. The van der Waals surface area contributed by atoms with Crippen LogP contribution in [0.2, 0.25) is 0 Å². The van der Waals surface area contributed by atoms with E-state index in [0.717, 1.165) is 5.69 Å². The zero-order chi connectivity index (χ0) is 15.7. The number of nitrogens with zero attached hydrogens (tertiary/aromatic N) is 3. The molecule has 1 saturated heterocycles. The first kappa shape index (κ1) is 14.7. The minimum Gasteiger partial charge on any atom is -0.368 e. The molecule has 1 atom stereocenters. The highest BCUT2D eigenvalue weighted by molar-refractivity contribution is 7.89. The van der Waals surface area contributed by atoms with Crippen molar-refractivity contribution in [2.45, 2.75) is 23.8 Å². The van der Waals surface area contributed by atoms with Gasteiger partial charge in [0, 0.05) is 6.54 Å². The molecular formula is C14H16N4O3S. The third-order valence-corrected chi connectivity index (χ3v) is 5.58. The van der Waals surface area contributed by atoms with Crippen molar-refractivity contribution in [2.75, 3.05) is 6.54 Å². The maximum Gasteiger partial charge on any atom is 0.246 e. The number of carbonyl (C=O) groups is 1. The molecule has 1 aliphatic heterocycles. The lowest BCUT2D eigenvalue weighted by molar-refractivity contribution is -0.121. The summed E-state index contributed by atoms with van der Waals surface area (Å²) >= 11 is 0. The Balaban J connectivity index is 1.94. The minimum atomic E-state index is -3.77. The average Bonchev–Trinajstić information content (AvgIpc) is 3.18. The number of aromatic nitrogens is 2. The van der Waals surface area contributed by atoms with Crippen molar-refractivity contribution < 1.29 is 13.2 Å². The summed E-state index contributed by atoms with van der Waals surface area (Å²) in [6.45, 7) is 0.298. The third kappa shape index (κ3) is 2.51. The zero-order valence-electron chi connectivity index (χ0n) is 11.8. The van der Waals surface area contributed by atoms with E-state index in [4.69, 9.17) is 5.73 Å². The molecule has 1 aromatic carbocycles. The summed E-state index contributed by atoms with van der Waals surface area (Å²) in [6, 6.07) is 8.43. The summed E-state index contributed by atoms with van der Waals surface area (Å²) in [6.07, 6.45) is 3.82. The van der Waals surface area contributed by atoms with Gasteiger partial charge >= 0.3 is 0 Å². The van der Waals surface area contributed by atoms with E-state index in [1.165, 1.54) is 21.4 Å². The summed E-state index contributed by atoms with van der Waals surface area (Å²) in [4.78, 5) is 11.5. The molecule has 0 unspecified atom stereocenters. The van der Waals surface area contributed by atoms with Gasteiger partial charge in [0.2, 0.25) is 15.9 Å². The molecule has 1 fully saturated rings. The van der Waals surface area contributed by atoms with Gasteiger partial charge in [0.25, 0.3) is 0 Å². The van der Waals surface area contributed by atoms with Gasteiger partial charge in [-0.15, -0.1) is 0 Å². The number of para-hydroxylation sites is 1. The van der Waals surface area contributed by atoms with Crippen molar-refractivity contribution in [3.05, 3.63) is 42.7 Å². The van der Waals surface area contributed by atoms with Crippen LogP contribution in [-0.4, -0.2) is 41.0 Å². The van der Waals surface area contributed by atoms with Gasteiger partial charge in [0.15, 0.2) is 0 Å². The van der Waals surface area contributed by atoms with Crippen molar-refractivity contribution in [1.82, 2.24) is 14.1 Å². The van der Waals surface area contributed by atoms with E-state index in [0.29, 0.717) is 19.4 Å². The Morgan fingerprint density at radius 3 is 2.68 bits per heavy atom. The van der Waals surface area contributed by atoms with Gasteiger partial charge in [0.1, 0.15) is 10.9 Å². The fraction of sp³-hybridized carbons (Fsp3) is 0.286. The number of primary amides is 1. The molecule has 7 nitrogen and oxygen atoms in total. The second kappa shape index (κ2) is 5.54. The largest absolute Gasteiger partial charge is 0.368 e. The van der Waals surface area contributed by atoms with Crippen molar-refractivity contribution in [1.29, 1.82) is 0 Å². The van der Waals surface area contributed by atoms with Gasteiger partial charge in [-0.25, -0.2) is 13.1 Å². The van der Waals surface area contributed by atoms with E-state index in [-0.39, 0.29) is 4.90 Å². The fourth-order valence-corrected chi connectivity index (χ4v) is 4.21. The maximum absolute atomic E-state index is 12.7. The molecule has 8 heteroatoms. The third-order valence-electron chi connectivity index (χ3n) is 3.72. The quantitative estimate of drug-likeness (QED) is 0.887. The van der Waals surface area contributed by atoms with Crippen LogP contribution in [0, 0.1) is 0 Å². The van der Waals surface area contributed by atoms with Crippen LogP contribution in [0.4, 0.5) is 0 Å². The summed E-state index contributed by atoms with van der Waals surface area (Å²) < 4.78 is 28.0. The summed E-state index contributed by atoms with van der Waals surface area (Å²) in [5, 5.41) is 4.09. The molecule has 2 heterocycles. The summed E-state index contributed by atoms with van der Waals surface area (Å²) in [7, 11) is -3.77. The van der Waals surface area contributed by atoms with Crippen LogP contribution in [0.5, 0.6) is 0 Å². The van der Waals surface area contributed by atoms with E-state index in [1.807, 2.05) is 30.3 Å². The van der Waals surface area contributed by atoms with Crippen LogP contribution in [0.1, 0.15) is 12.8 Å². The first-order valence-electron chi connectivity index (χ1n) is 6.91. The topological polar surface area (TPSA) is 98.3 Å². The van der Waals surface area contributed by atoms with Crippen molar-refractivity contribution in [2.24, 2.45) is 5.73 Å². The molecule has 0 spiro atoms. The van der Waals surface area contributed by atoms with Gasteiger partial charge in [-0.3, -0.25) is 4.79 Å². The number of hydrogen-bond donors (Lipinski definition) is 1. The van der Waals surface area contributed by atoms with Gasteiger partial charge in [-0.1, -0.05) is 18.2 Å². The van der Waals surface area contributed by atoms with E-state index in [1.54, 1.807) is 0 Å². The van der Waals surface area contributed by atoms with Crippen LogP contribution in [0.15, 0.2) is 47.6 Å². The van der Waals surface area contributed by atoms with Gasteiger partial charge in [-0.05, 0) is 25.0 Å². The van der Waals surface area contributed by atoms with Crippen molar-refractivity contribution in [3.8, 4) is 5.69 Å². The van der Waals surface area contributed by atoms with Crippen LogP contribution < -0.4 is 5.73 Å². The van der Waals surface area contributed by atoms with E-state index < -0.39 is 22.0 Å². The Labute approximate surface area is 128 Å². The number of benzene rings is 1. The zero-order valence-corrected chi connectivity index (χ0v) is 12.6. The molecule has 22 heavy (non-hydrogen) atoms. The number of carbonyl (C=O) groups excluding carboxylic acids is 1. The molecule has 1 amide bonds. The van der Waals surface area contributed by atoms with Crippen molar-refractivity contribution in [3.63, 3.8) is 0 Å². The highest BCUT2D eigenvalue weighted by Gasteiger charge is 2.39. The monoisotopic (exact) mass is 320 g/mol. The molecule has 2 N–H and O–H groups in total. The Morgan fingerprint density at radius 1 is 1.27 bits per heavy atom. The predicted molar refractivity (Wildman–Crippen MR) is 79.7 cm³/mol. The SMILES string of the molecule is NC(=O)[C@H]1CCCN1S(=O)(=O)c1cnn(-c2ccccc2)c1. The second-order valence-electron chi connectivity index (χ2n) is 5.13. The molecule has 0 radical (unpaired) electrons. The molecule has 116 valence electrons. The highest BCUT2D eigenvalue weighted by Crippen LogP contribution is 2.26. The van der Waals surface area contributed by atoms with Crippen LogP contribution in [0.3, 0.4) is 0 Å². The lowest BCUT2D eigenvalue weighted by Crippen LogP contribution is -2.43. The predicted octanol–water partition coefficient (Wildman–Crippen LogP) is 0.511. The Hall–Kier alpha value is -2.19. The second-order valence-corrected chi connectivity index (χ2v) is 7.02. The molecule has 0 saturated carbocycles. The Morgan fingerprint density at radius 2 is 2.00 bits per heavy atom. The molecular weight excluding hydrogens is 304 g/mol. The van der Waals surface area contributed by atoms with Gasteiger partial charge in [-0.2, -0.15) is 9.40 Å². The molecule has 0 aliphatic carbocycles. The fourth-order valence-electron chi connectivity index (χ4n) is 2.61. The molecule has 3 rings (SSSR count). The highest BCUT2D eigenvalue weighted by atomic mass is 32.2. The first-order valence-corrected chi connectivity index (χ1v) is 8.35. The van der Waals surface area contributed by atoms with Gasteiger partial charge in [0.05, 0.1) is 18.1 Å². The minimum absolute atomic E-state index is 0.0597. The molecule has 1 aromatic heterocycles. The number of sulfonamides is 1. The standard InChI is InChI=1S/C14H16N4O3S/c15-14(19)13-7-4-8-18(13)22(20,21)12-9-16-17(10-12)11-5-2-1-3-6-11/h1-3,5-6,9-10,13H,4,7-8H2,(H2,15,19)/t13-/m1/s1. The number of amides is 1. The lowest BCUT2D eigenvalue weighted by atomic mass is 10.2. The van der Waals surface area contributed by atoms with Crippen molar-refractivity contribution >= 4 is 15.9 Å². The van der Waals surface area contributed by atoms with E-state index in [2.05, 4.69) is 5.10 Å². The summed E-state index contributed by atoms with van der Waals surface area (Å²) in [5.41, 5.74) is 6.05. The van der Waals surface area contributed by atoms with Crippen LogP contribution >= 0.6 is 0 Å². The van der Waals surface area contributed by atoms with Crippen LogP contribution in [0.25, 0.3) is 5.69 Å². The Kier molecular flexibility index (Phi) is 3.71. The Bertz CT molecular complexity index is 785. The number of nitrogens with two attached hydrogens (primary N) is 1. The number of hydrogen-bond acceptors (Lipinski definition) is 4. The molecule has 0 bridgehead atoms. The van der Waals surface area contributed by atoms with E-state index in [9.17, 15) is 13.2 Å². The number of rotatable bonds is 4. The smallest absolute Gasteiger partial charge is 0.246 e. The maximum atomic E-state index is 12.7. The first-order chi connectivity index (χ1) is 10.5.